The van der Waals surface area contributed by atoms with Crippen molar-refractivity contribution in [2.24, 2.45) is 0 Å². The van der Waals surface area contributed by atoms with E-state index in [0.29, 0.717) is 17.6 Å². The molecule has 2 N–H and O–H groups in total. The number of benzene rings is 1. The summed E-state index contributed by atoms with van der Waals surface area (Å²) in [5.74, 6) is -0.869. The van der Waals surface area contributed by atoms with Gasteiger partial charge in [0.15, 0.2) is 0 Å². The van der Waals surface area contributed by atoms with Crippen LogP contribution in [0.1, 0.15) is 29.8 Å². The number of hydrogen-bond donors (Lipinski definition) is 2. The third-order valence-electron chi connectivity index (χ3n) is 3.24. The molecular weight excluding hydrogens is 228 g/mol. The highest BCUT2D eigenvalue weighted by molar-refractivity contribution is 5.87. The molecule has 4 heteroatoms. The summed E-state index contributed by atoms with van der Waals surface area (Å²) in [5.41, 5.74) is 1.52. The Bertz CT molecular complexity index is 406. The van der Waals surface area contributed by atoms with E-state index in [2.05, 4.69) is 24.1 Å². The van der Waals surface area contributed by atoms with Gasteiger partial charge in [-0.15, -0.1) is 0 Å². The highest BCUT2D eigenvalue weighted by Crippen LogP contribution is 2.11. The first-order valence-electron chi connectivity index (χ1n) is 6.35. The van der Waals surface area contributed by atoms with Gasteiger partial charge in [0.2, 0.25) is 0 Å². The van der Waals surface area contributed by atoms with Gasteiger partial charge in [0.25, 0.3) is 0 Å². The lowest BCUT2D eigenvalue weighted by atomic mass is 10.1. The van der Waals surface area contributed by atoms with Crippen LogP contribution in [0.3, 0.4) is 0 Å². The van der Waals surface area contributed by atoms with Crippen LogP contribution in [0, 0.1) is 0 Å². The largest absolute Gasteiger partial charge is 0.478 e. The Kier molecular flexibility index (Phi) is 3.99. The molecule has 0 aromatic heterocycles. The van der Waals surface area contributed by atoms with Gasteiger partial charge in [-0.1, -0.05) is 12.1 Å². The zero-order valence-electron chi connectivity index (χ0n) is 10.9. The third-order valence-corrected chi connectivity index (χ3v) is 3.24. The fraction of sp³-hybridized carbons (Fsp3) is 0.500. The maximum Gasteiger partial charge on any atom is 0.335 e. The molecule has 0 amide bonds. The van der Waals surface area contributed by atoms with Gasteiger partial charge in [0.05, 0.1) is 5.56 Å². The van der Waals surface area contributed by atoms with E-state index >= 15 is 0 Å². The predicted molar refractivity (Wildman–Crippen MR) is 70.7 cm³/mol. The Labute approximate surface area is 108 Å². The number of carboxylic acids is 1. The zero-order chi connectivity index (χ0) is 13.1. The second-order valence-corrected chi connectivity index (χ2v) is 5.16. The van der Waals surface area contributed by atoms with Crippen LogP contribution in [0.15, 0.2) is 24.3 Å². The summed E-state index contributed by atoms with van der Waals surface area (Å²) in [6.07, 6.45) is 0. The molecule has 4 nitrogen and oxygen atoms in total. The molecule has 2 atom stereocenters. The van der Waals surface area contributed by atoms with Crippen LogP contribution >= 0.6 is 0 Å². The Hall–Kier alpha value is -1.39. The van der Waals surface area contributed by atoms with E-state index < -0.39 is 5.97 Å². The number of hydrogen-bond acceptors (Lipinski definition) is 3. The summed E-state index contributed by atoms with van der Waals surface area (Å²) in [7, 11) is 0. The van der Waals surface area contributed by atoms with Crippen LogP contribution in [0.25, 0.3) is 0 Å². The minimum atomic E-state index is -0.869. The van der Waals surface area contributed by atoms with Crippen molar-refractivity contribution in [2.45, 2.75) is 32.5 Å². The summed E-state index contributed by atoms with van der Waals surface area (Å²) in [5, 5.41) is 12.3. The fourth-order valence-corrected chi connectivity index (χ4v) is 2.58. The lowest BCUT2D eigenvalue weighted by molar-refractivity contribution is 0.0697. The smallest absolute Gasteiger partial charge is 0.335 e. The number of piperazine rings is 1. The van der Waals surface area contributed by atoms with Crippen LogP contribution < -0.4 is 5.32 Å². The Balaban J connectivity index is 1.98. The Morgan fingerprint density at radius 1 is 1.28 bits per heavy atom. The van der Waals surface area contributed by atoms with E-state index in [-0.39, 0.29) is 0 Å². The fourth-order valence-electron chi connectivity index (χ4n) is 2.58. The highest BCUT2D eigenvalue weighted by Gasteiger charge is 2.20. The van der Waals surface area contributed by atoms with Crippen molar-refractivity contribution in [2.75, 3.05) is 13.1 Å². The van der Waals surface area contributed by atoms with E-state index in [1.807, 2.05) is 12.1 Å². The Morgan fingerprint density at radius 2 is 1.83 bits per heavy atom. The minimum Gasteiger partial charge on any atom is -0.478 e. The quantitative estimate of drug-likeness (QED) is 0.852. The number of aromatic carboxylic acids is 1. The number of carboxylic acid groups (broad SMARTS) is 1. The molecule has 0 aliphatic carbocycles. The van der Waals surface area contributed by atoms with Crippen molar-refractivity contribution < 1.29 is 9.90 Å². The van der Waals surface area contributed by atoms with Gasteiger partial charge in [-0.3, -0.25) is 4.90 Å². The average molecular weight is 248 g/mol. The van der Waals surface area contributed by atoms with Crippen molar-refractivity contribution in [3.8, 4) is 0 Å². The molecule has 1 saturated heterocycles. The van der Waals surface area contributed by atoms with Crippen LogP contribution in [0.5, 0.6) is 0 Å². The number of nitrogens with one attached hydrogen (secondary N) is 1. The van der Waals surface area contributed by atoms with Crippen LogP contribution in [-0.4, -0.2) is 41.1 Å². The van der Waals surface area contributed by atoms with Crippen LogP contribution in [0.4, 0.5) is 0 Å². The van der Waals surface area contributed by atoms with Crippen molar-refractivity contribution in [1.82, 2.24) is 10.2 Å². The van der Waals surface area contributed by atoms with E-state index in [9.17, 15) is 4.79 Å². The topological polar surface area (TPSA) is 52.6 Å². The normalized spacial score (nSPS) is 25.0. The molecule has 2 unspecified atom stereocenters. The molecule has 2 rings (SSSR count). The maximum absolute atomic E-state index is 10.8. The zero-order valence-corrected chi connectivity index (χ0v) is 10.9. The summed E-state index contributed by atoms with van der Waals surface area (Å²) in [6.45, 7) is 7.33. The molecule has 98 valence electrons. The summed E-state index contributed by atoms with van der Waals surface area (Å²) in [6, 6.07) is 8.17. The van der Waals surface area contributed by atoms with Gasteiger partial charge in [0, 0.05) is 31.7 Å². The Morgan fingerprint density at radius 3 is 2.33 bits per heavy atom. The molecule has 1 fully saturated rings. The molecule has 18 heavy (non-hydrogen) atoms. The van der Waals surface area contributed by atoms with Crippen molar-refractivity contribution in [3.63, 3.8) is 0 Å². The van der Waals surface area contributed by atoms with E-state index in [0.717, 1.165) is 19.6 Å². The summed E-state index contributed by atoms with van der Waals surface area (Å²) < 4.78 is 0. The molecule has 0 saturated carbocycles. The van der Waals surface area contributed by atoms with Gasteiger partial charge in [0.1, 0.15) is 0 Å². The SMILES string of the molecule is CC1CN(Cc2ccc(C(=O)O)cc2)CC(C)N1. The second-order valence-electron chi connectivity index (χ2n) is 5.16. The minimum absolute atomic E-state index is 0.348. The first-order valence-corrected chi connectivity index (χ1v) is 6.35. The van der Waals surface area contributed by atoms with E-state index in [4.69, 9.17) is 5.11 Å². The van der Waals surface area contributed by atoms with Crippen molar-refractivity contribution >= 4 is 5.97 Å². The molecule has 1 aliphatic rings. The second kappa shape index (κ2) is 5.50. The van der Waals surface area contributed by atoms with Gasteiger partial charge in [-0.25, -0.2) is 4.79 Å². The van der Waals surface area contributed by atoms with E-state index in [1.54, 1.807) is 12.1 Å². The first kappa shape index (κ1) is 13.1. The van der Waals surface area contributed by atoms with Gasteiger partial charge < -0.3 is 10.4 Å². The average Bonchev–Trinajstić information content (AvgIpc) is 2.28. The molecule has 0 bridgehead atoms. The van der Waals surface area contributed by atoms with Crippen LogP contribution in [-0.2, 0) is 6.54 Å². The number of carbonyl (C=O) groups is 1. The lowest BCUT2D eigenvalue weighted by Crippen LogP contribution is -2.53. The maximum atomic E-state index is 10.8. The lowest BCUT2D eigenvalue weighted by Gasteiger charge is -2.36. The first-order chi connectivity index (χ1) is 8.54. The number of nitrogens with zero attached hydrogens (tertiary/aromatic N) is 1. The highest BCUT2D eigenvalue weighted by atomic mass is 16.4. The number of rotatable bonds is 3. The standard InChI is InChI=1S/C14H20N2O2/c1-10-7-16(8-11(2)15-10)9-12-3-5-13(6-4-12)14(17)18/h3-6,10-11,15H,7-9H2,1-2H3,(H,17,18). The van der Waals surface area contributed by atoms with Crippen molar-refractivity contribution in [3.05, 3.63) is 35.4 Å². The molecule has 0 spiro atoms. The van der Waals surface area contributed by atoms with E-state index in [1.165, 1.54) is 5.56 Å². The third kappa shape index (κ3) is 3.31. The summed E-state index contributed by atoms with van der Waals surface area (Å²) >= 11 is 0. The molecule has 1 heterocycles. The monoisotopic (exact) mass is 248 g/mol. The van der Waals surface area contributed by atoms with Crippen molar-refractivity contribution in [1.29, 1.82) is 0 Å². The molecular formula is C14H20N2O2. The molecule has 1 aromatic rings. The molecule has 0 radical (unpaired) electrons. The molecule has 1 aromatic carbocycles. The predicted octanol–water partition coefficient (Wildman–Crippen LogP) is 1.57. The van der Waals surface area contributed by atoms with Gasteiger partial charge >= 0.3 is 5.97 Å². The summed E-state index contributed by atoms with van der Waals surface area (Å²) in [4.78, 5) is 13.2. The van der Waals surface area contributed by atoms with Gasteiger partial charge in [-0.05, 0) is 31.5 Å². The van der Waals surface area contributed by atoms with Gasteiger partial charge in [-0.2, -0.15) is 0 Å². The van der Waals surface area contributed by atoms with Crippen LogP contribution in [0.2, 0.25) is 0 Å². The molecule has 1 aliphatic heterocycles.